The Morgan fingerprint density at radius 1 is 0.750 bits per heavy atom. The lowest BCUT2D eigenvalue weighted by Gasteiger charge is -2.26. The van der Waals surface area contributed by atoms with Crippen LogP contribution in [-0.4, -0.2) is 9.97 Å². The van der Waals surface area contributed by atoms with Gasteiger partial charge < -0.3 is 0 Å². The van der Waals surface area contributed by atoms with Crippen molar-refractivity contribution in [2.75, 3.05) is 0 Å². The summed E-state index contributed by atoms with van der Waals surface area (Å²) < 4.78 is 0. The second kappa shape index (κ2) is 7.01. The second-order valence-electron chi connectivity index (χ2n) is 6.01. The molecule has 2 atom stereocenters. The lowest BCUT2D eigenvalue weighted by atomic mass is 10.0. The van der Waals surface area contributed by atoms with Gasteiger partial charge in [0.05, 0.1) is 0 Å². The smallest absolute Gasteiger partial charge is 0.154 e. The molecule has 3 aromatic rings. The van der Waals surface area contributed by atoms with Crippen molar-refractivity contribution in [3.63, 3.8) is 0 Å². The van der Waals surface area contributed by atoms with Gasteiger partial charge in [0.2, 0.25) is 0 Å². The van der Waals surface area contributed by atoms with Crippen LogP contribution in [0, 0.1) is 0 Å². The summed E-state index contributed by atoms with van der Waals surface area (Å²) in [7, 11) is -0.546. The number of nitrogens with zero attached hydrogens (tertiary/aromatic N) is 2. The third-order valence-corrected chi connectivity index (χ3v) is 8.31. The van der Waals surface area contributed by atoms with Gasteiger partial charge in [-0.15, -0.1) is 0 Å². The molecule has 24 heavy (non-hydrogen) atoms. The number of benzene rings is 2. The molecule has 1 aliphatic rings. The third-order valence-electron chi connectivity index (χ3n) is 4.63. The van der Waals surface area contributed by atoms with Gasteiger partial charge in [-0.3, -0.25) is 4.98 Å². The molecule has 1 aliphatic heterocycles. The lowest BCUT2D eigenvalue weighted by molar-refractivity contribution is 0.765. The van der Waals surface area contributed by atoms with Gasteiger partial charge in [-0.1, -0.05) is 72.3 Å². The van der Waals surface area contributed by atoms with Crippen molar-refractivity contribution >= 4 is 25.0 Å². The largest absolute Gasteiger partial charge is 0.252 e. The highest BCUT2D eigenvalue weighted by Gasteiger charge is 2.40. The van der Waals surface area contributed by atoms with E-state index in [1.807, 2.05) is 0 Å². The van der Waals surface area contributed by atoms with Crippen molar-refractivity contribution in [3.8, 4) is 0 Å². The summed E-state index contributed by atoms with van der Waals surface area (Å²) in [6.07, 6.45) is 5.78. The quantitative estimate of drug-likeness (QED) is 0.580. The highest BCUT2D eigenvalue weighted by molar-refractivity contribution is 7.66. The Morgan fingerprint density at radius 3 is 1.75 bits per heavy atom. The molecule has 2 heterocycles. The maximum Gasteiger partial charge on any atom is 0.154 e. The molecule has 120 valence electrons. The van der Waals surface area contributed by atoms with Crippen LogP contribution in [-0.2, 0) is 0 Å². The van der Waals surface area contributed by atoms with Crippen molar-refractivity contribution in [2.45, 2.75) is 24.2 Å². The summed E-state index contributed by atoms with van der Waals surface area (Å²) in [4.78, 5) is 8.95. The van der Waals surface area contributed by atoms with E-state index in [0.717, 1.165) is 5.44 Å². The molecule has 0 bridgehead atoms. The van der Waals surface area contributed by atoms with E-state index in [2.05, 4.69) is 70.6 Å². The van der Waals surface area contributed by atoms with Crippen molar-refractivity contribution in [1.29, 1.82) is 0 Å². The average Bonchev–Trinajstić information content (AvgIpc) is 3.08. The topological polar surface area (TPSA) is 25.8 Å². The fourth-order valence-corrected chi connectivity index (χ4v) is 7.33. The number of halogens is 1. The minimum Gasteiger partial charge on any atom is -0.252 e. The van der Waals surface area contributed by atoms with Crippen LogP contribution >= 0.6 is 19.5 Å². The van der Waals surface area contributed by atoms with Gasteiger partial charge in [-0.05, 0) is 31.9 Å². The molecular formula is C20H18ClN2P. The fraction of sp³-hybridized carbons (Fsp3) is 0.200. The van der Waals surface area contributed by atoms with E-state index in [9.17, 15) is 0 Å². The van der Waals surface area contributed by atoms with Crippen LogP contribution in [0.4, 0.5) is 0 Å². The van der Waals surface area contributed by atoms with Crippen LogP contribution in [0.2, 0.25) is 5.15 Å². The van der Waals surface area contributed by atoms with Crippen LogP contribution in [0.3, 0.4) is 0 Å². The second-order valence-corrected chi connectivity index (χ2v) is 8.85. The van der Waals surface area contributed by atoms with Gasteiger partial charge in [0, 0.05) is 23.7 Å². The molecule has 0 aliphatic carbocycles. The minimum atomic E-state index is -0.546. The third kappa shape index (κ3) is 2.97. The molecular weight excluding hydrogens is 335 g/mol. The molecule has 0 radical (unpaired) electrons. The van der Waals surface area contributed by atoms with E-state index in [1.165, 1.54) is 24.0 Å². The first kappa shape index (κ1) is 15.7. The normalized spacial score (nSPS) is 21.0. The highest BCUT2D eigenvalue weighted by atomic mass is 35.5. The summed E-state index contributed by atoms with van der Waals surface area (Å²) in [5, 5.41) is 0.562. The zero-order valence-electron chi connectivity index (χ0n) is 13.2. The van der Waals surface area contributed by atoms with E-state index < -0.39 is 7.92 Å². The molecule has 4 rings (SSSR count). The zero-order valence-corrected chi connectivity index (χ0v) is 14.9. The first-order valence-corrected chi connectivity index (χ1v) is 10.0. The molecule has 0 saturated carbocycles. The van der Waals surface area contributed by atoms with Crippen LogP contribution in [0.25, 0.3) is 0 Å². The van der Waals surface area contributed by atoms with E-state index in [1.54, 1.807) is 12.4 Å². The lowest BCUT2D eigenvalue weighted by Crippen LogP contribution is -2.14. The molecule has 0 amide bonds. The number of aromatic nitrogens is 2. The van der Waals surface area contributed by atoms with Crippen molar-refractivity contribution in [2.24, 2.45) is 0 Å². The standard InChI is InChI=1S/C20H18ClN2P/c21-19-20(23-14-13-22-19)24-17(15-7-3-1-4-8-15)11-12-18(24)16-9-5-2-6-10-16/h1-10,13-14,17-18H,11-12H2/t17-,18-/m1/s1. The Balaban J connectivity index is 1.80. The first-order chi connectivity index (χ1) is 11.8. The fourth-order valence-electron chi connectivity index (χ4n) is 3.60. The van der Waals surface area contributed by atoms with Gasteiger partial charge in [-0.25, -0.2) is 4.98 Å². The van der Waals surface area contributed by atoms with Gasteiger partial charge in [-0.2, -0.15) is 0 Å². The van der Waals surface area contributed by atoms with Crippen molar-refractivity contribution < 1.29 is 0 Å². The summed E-state index contributed by atoms with van der Waals surface area (Å²) in [6, 6.07) is 21.6. The van der Waals surface area contributed by atoms with Gasteiger partial charge in [0.1, 0.15) is 5.44 Å². The van der Waals surface area contributed by atoms with E-state index in [4.69, 9.17) is 11.6 Å². The molecule has 0 N–H and O–H groups in total. The Bertz CT molecular complexity index is 763. The van der Waals surface area contributed by atoms with Crippen molar-refractivity contribution in [1.82, 2.24) is 9.97 Å². The van der Waals surface area contributed by atoms with Gasteiger partial charge >= 0.3 is 0 Å². The summed E-state index contributed by atoms with van der Waals surface area (Å²) >= 11 is 6.45. The average molecular weight is 353 g/mol. The van der Waals surface area contributed by atoms with Crippen molar-refractivity contribution in [3.05, 3.63) is 89.3 Å². The summed E-state index contributed by atoms with van der Waals surface area (Å²) in [6.45, 7) is 0. The zero-order chi connectivity index (χ0) is 16.4. The highest BCUT2D eigenvalue weighted by Crippen LogP contribution is 2.69. The maximum atomic E-state index is 6.45. The number of rotatable bonds is 3. The Hall–Kier alpha value is -1.76. The predicted octanol–water partition coefficient (Wildman–Crippen LogP) is 5.51. The molecule has 4 heteroatoms. The number of hydrogen-bond donors (Lipinski definition) is 0. The molecule has 1 saturated heterocycles. The van der Waals surface area contributed by atoms with Crippen LogP contribution in [0.1, 0.15) is 35.3 Å². The molecule has 0 unspecified atom stereocenters. The Labute approximate surface area is 148 Å². The maximum absolute atomic E-state index is 6.45. The van der Waals surface area contributed by atoms with E-state index >= 15 is 0 Å². The van der Waals surface area contributed by atoms with Crippen LogP contribution < -0.4 is 5.44 Å². The Kier molecular flexibility index (Phi) is 4.60. The van der Waals surface area contributed by atoms with Gasteiger partial charge in [0.15, 0.2) is 5.15 Å². The summed E-state index contributed by atoms with van der Waals surface area (Å²) in [5.74, 6) is 0. The SMILES string of the molecule is Clc1nccnc1P1[C@@H](c2ccccc2)CC[C@@H]1c1ccccc1. The molecule has 1 aromatic heterocycles. The van der Waals surface area contributed by atoms with E-state index in [0.29, 0.717) is 16.5 Å². The summed E-state index contributed by atoms with van der Waals surface area (Å²) in [5.41, 5.74) is 4.75. The van der Waals surface area contributed by atoms with E-state index in [-0.39, 0.29) is 0 Å². The predicted molar refractivity (Wildman–Crippen MR) is 101 cm³/mol. The molecule has 2 nitrogen and oxygen atoms in total. The molecule has 1 fully saturated rings. The van der Waals surface area contributed by atoms with Gasteiger partial charge in [0.25, 0.3) is 0 Å². The monoisotopic (exact) mass is 352 g/mol. The first-order valence-electron chi connectivity index (χ1n) is 8.19. The molecule has 2 aromatic carbocycles. The minimum absolute atomic E-state index is 0.487. The van der Waals surface area contributed by atoms with Crippen LogP contribution in [0.15, 0.2) is 73.1 Å². The molecule has 0 spiro atoms. The van der Waals surface area contributed by atoms with Crippen LogP contribution in [0.5, 0.6) is 0 Å². The number of hydrogen-bond acceptors (Lipinski definition) is 2. The Morgan fingerprint density at radius 2 is 1.25 bits per heavy atom.